The molecule has 0 spiro atoms. The quantitative estimate of drug-likeness (QED) is 0.876. The average molecular weight is 388 g/mol. The summed E-state index contributed by atoms with van der Waals surface area (Å²) in [5, 5.41) is 10.1. The molecule has 27 heavy (non-hydrogen) atoms. The summed E-state index contributed by atoms with van der Waals surface area (Å²) in [4.78, 5) is 14.6. The van der Waals surface area contributed by atoms with Gasteiger partial charge >= 0.3 is 0 Å². The van der Waals surface area contributed by atoms with Crippen LogP contribution in [0.3, 0.4) is 0 Å². The van der Waals surface area contributed by atoms with E-state index in [9.17, 15) is 18.3 Å². The highest BCUT2D eigenvalue weighted by molar-refractivity contribution is 7.89. The second-order valence-corrected chi connectivity index (χ2v) is 8.84. The predicted octanol–water partition coefficient (Wildman–Crippen LogP) is 2.46. The molecule has 1 heterocycles. The number of rotatable bonds is 3. The number of para-hydroxylation sites is 1. The maximum Gasteiger partial charge on any atom is 0.257 e. The van der Waals surface area contributed by atoms with Crippen LogP contribution in [0.25, 0.3) is 0 Å². The molecule has 0 aliphatic carbocycles. The van der Waals surface area contributed by atoms with Crippen molar-refractivity contribution < 1.29 is 18.3 Å². The summed E-state index contributed by atoms with van der Waals surface area (Å²) in [7, 11) is -3.59. The Bertz CT molecular complexity index is 977. The number of aryl methyl sites for hydroxylation is 3. The van der Waals surface area contributed by atoms with E-state index in [-0.39, 0.29) is 43.4 Å². The number of hydrogen-bond acceptors (Lipinski definition) is 4. The normalized spacial score (nSPS) is 15.7. The Morgan fingerprint density at radius 2 is 1.63 bits per heavy atom. The number of piperazine rings is 1. The van der Waals surface area contributed by atoms with Gasteiger partial charge in [0.2, 0.25) is 10.0 Å². The summed E-state index contributed by atoms with van der Waals surface area (Å²) < 4.78 is 27.3. The van der Waals surface area contributed by atoms with Crippen molar-refractivity contribution in [1.29, 1.82) is 0 Å². The second kappa shape index (κ2) is 7.32. The molecule has 6 nitrogen and oxygen atoms in total. The maximum absolute atomic E-state index is 12.9. The summed E-state index contributed by atoms with van der Waals surface area (Å²) >= 11 is 0. The van der Waals surface area contributed by atoms with E-state index in [1.54, 1.807) is 49.1 Å². The van der Waals surface area contributed by atoms with Crippen LogP contribution >= 0.6 is 0 Å². The molecular weight excluding hydrogens is 364 g/mol. The van der Waals surface area contributed by atoms with E-state index in [0.29, 0.717) is 10.5 Å². The van der Waals surface area contributed by atoms with Gasteiger partial charge < -0.3 is 10.0 Å². The van der Waals surface area contributed by atoms with Gasteiger partial charge in [0.15, 0.2) is 0 Å². The molecule has 0 radical (unpaired) electrons. The number of amides is 1. The van der Waals surface area contributed by atoms with Crippen molar-refractivity contribution in [2.75, 3.05) is 26.2 Å². The molecule has 1 N–H and O–H groups in total. The van der Waals surface area contributed by atoms with Crippen LogP contribution in [-0.2, 0) is 10.0 Å². The first-order valence-electron chi connectivity index (χ1n) is 8.87. The number of nitrogens with zero attached hydrogens (tertiary/aromatic N) is 2. The zero-order valence-electron chi connectivity index (χ0n) is 15.8. The number of sulfonamides is 1. The van der Waals surface area contributed by atoms with Crippen molar-refractivity contribution in [2.45, 2.75) is 25.7 Å². The van der Waals surface area contributed by atoms with Crippen molar-refractivity contribution in [2.24, 2.45) is 0 Å². The Morgan fingerprint density at radius 1 is 0.963 bits per heavy atom. The van der Waals surface area contributed by atoms with Crippen LogP contribution in [-0.4, -0.2) is 54.8 Å². The lowest BCUT2D eigenvalue weighted by atomic mass is 10.1. The highest BCUT2D eigenvalue weighted by Crippen LogP contribution is 2.25. The van der Waals surface area contributed by atoms with Gasteiger partial charge in [0.05, 0.1) is 10.5 Å². The summed E-state index contributed by atoms with van der Waals surface area (Å²) in [6.45, 7) is 6.49. The first kappa shape index (κ1) is 19.4. The van der Waals surface area contributed by atoms with E-state index in [2.05, 4.69) is 0 Å². The third-order valence-corrected chi connectivity index (χ3v) is 7.00. The monoisotopic (exact) mass is 388 g/mol. The molecule has 2 aromatic carbocycles. The lowest BCUT2D eigenvalue weighted by Crippen LogP contribution is -2.50. The molecule has 1 fully saturated rings. The third-order valence-electron chi connectivity index (χ3n) is 4.94. The predicted molar refractivity (Wildman–Crippen MR) is 103 cm³/mol. The van der Waals surface area contributed by atoms with Gasteiger partial charge in [-0.1, -0.05) is 29.8 Å². The number of hydrogen-bond donors (Lipinski definition) is 1. The zero-order valence-corrected chi connectivity index (χ0v) is 16.6. The summed E-state index contributed by atoms with van der Waals surface area (Å²) in [5.41, 5.74) is 2.62. The molecule has 1 amide bonds. The Hall–Kier alpha value is -2.38. The summed E-state index contributed by atoms with van der Waals surface area (Å²) in [6.07, 6.45) is 0. The molecule has 1 aliphatic rings. The number of phenolic OH excluding ortho intramolecular Hbond substituents is 1. The first-order valence-corrected chi connectivity index (χ1v) is 10.3. The Morgan fingerprint density at radius 3 is 2.26 bits per heavy atom. The van der Waals surface area contributed by atoms with Crippen LogP contribution in [0.2, 0.25) is 0 Å². The molecule has 0 unspecified atom stereocenters. The van der Waals surface area contributed by atoms with Gasteiger partial charge in [0, 0.05) is 26.2 Å². The van der Waals surface area contributed by atoms with E-state index in [4.69, 9.17) is 0 Å². The van der Waals surface area contributed by atoms with Crippen LogP contribution in [0.1, 0.15) is 27.0 Å². The second-order valence-electron chi connectivity index (χ2n) is 6.94. The molecule has 0 atom stereocenters. The van der Waals surface area contributed by atoms with Gasteiger partial charge in [0.1, 0.15) is 5.75 Å². The molecule has 1 saturated heterocycles. The fourth-order valence-corrected chi connectivity index (χ4v) is 4.99. The highest BCUT2D eigenvalue weighted by Gasteiger charge is 2.31. The number of carbonyl (C=O) groups excluding carboxylic acids is 1. The number of carbonyl (C=O) groups is 1. The minimum absolute atomic E-state index is 0.0205. The molecule has 3 rings (SSSR count). The molecule has 0 bridgehead atoms. The molecular formula is C20H24N2O4S. The standard InChI is InChI=1S/C20H24N2O4S/c1-14-7-8-18(16(3)13-14)27(25,26)22-11-9-21(10-12-22)20(24)17-6-4-5-15(2)19(17)23/h4-8,13,23H,9-12H2,1-3H3. The van der Waals surface area contributed by atoms with Crippen LogP contribution in [0.5, 0.6) is 5.75 Å². The van der Waals surface area contributed by atoms with E-state index >= 15 is 0 Å². The Labute approximate surface area is 160 Å². The van der Waals surface area contributed by atoms with Gasteiger partial charge in [-0.05, 0) is 44.0 Å². The smallest absolute Gasteiger partial charge is 0.257 e. The van der Waals surface area contributed by atoms with Crippen LogP contribution in [0.15, 0.2) is 41.3 Å². The van der Waals surface area contributed by atoms with Crippen molar-refractivity contribution in [3.8, 4) is 5.75 Å². The van der Waals surface area contributed by atoms with Crippen molar-refractivity contribution in [3.63, 3.8) is 0 Å². The largest absolute Gasteiger partial charge is 0.507 e. The fourth-order valence-electron chi connectivity index (χ4n) is 3.36. The van der Waals surface area contributed by atoms with Gasteiger partial charge in [-0.25, -0.2) is 8.42 Å². The molecule has 0 saturated carbocycles. The maximum atomic E-state index is 12.9. The average Bonchev–Trinajstić information content (AvgIpc) is 2.63. The van der Waals surface area contributed by atoms with Crippen LogP contribution < -0.4 is 0 Å². The molecule has 7 heteroatoms. The van der Waals surface area contributed by atoms with Crippen molar-refractivity contribution >= 4 is 15.9 Å². The first-order chi connectivity index (χ1) is 12.7. The lowest BCUT2D eigenvalue weighted by molar-refractivity contribution is 0.0694. The van der Waals surface area contributed by atoms with Gasteiger partial charge in [-0.2, -0.15) is 4.31 Å². The van der Waals surface area contributed by atoms with Crippen LogP contribution in [0, 0.1) is 20.8 Å². The van der Waals surface area contributed by atoms with Crippen LogP contribution in [0.4, 0.5) is 0 Å². The van der Waals surface area contributed by atoms with Gasteiger partial charge in [-0.3, -0.25) is 4.79 Å². The summed E-state index contributed by atoms with van der Waals surface area (Å²) in [5.74, 6) is -0.299. The third kappa shape index (κ3) is 3.70. The Balaban J connectivity index is 1.75. The Kier molecular flexibility index (Phi) is 5.26. The highest BCUT2D eigenvalue weighted by atomic mass is 32.2. The van der Waals surface area contributed by atoms with Gasteiger partial charge in [0.25, 0.3) is 5.91 Å². The minimum Gasteiger partial charge on any atom is -0.507 e. The fraction of sp³-hybridized carbons (Fsp3) is 0.350. The molecule has 0 aromatic heterocycles. The van der Waals surface area contributed by atoms with Gasteiger partial charge in [-0.15, -0.1) is 0 Å². The number of aromatic hydroxyl groups is 1. The number of benzene rings is 2. The van der Waals surface area contributed by atoms with Crippen molar-refractivity contribution in [1.82, 2.24) is 9.21 Å². The SMILES string of the molecule is Cc1ccc(S(=O)(=O)N2CCN(C(=O)c3cccc(C)c3O)CC2)c(C)c1. The minimum atomic E-state index is -3.59. The molecule has 1 aliphatic heterocycles. The van der Waals surface area contributed by atoms with E-state index in [1.165, 1.54) is 4.31 Å². The van der Waals surface area contributed by atoms with E-state index in [0.717, 1.165) is 11.1 Å². The van der Waals surface area contributed by atoms with E-state index in [1.807, 2.05) is 13.0 Å². The molecule has 144 valence electrons. The lowest BCUT2D eigenvalue weighted by Gasteiger charge is -2.34. The summed E-state index contributed by atoms with van der Waals surface area (Å²) in [6, 6.07) is 10.3. The topological polar surface area (TPSA) is 77.9 Å². The molecule has 2 aromatic rings. The van der Waals surface area contributed by atoms with Crippen molar-refractivity contribution in [3.05, 3.63) is 58.7 Å². The number of phenols is 1. The van der Waals surface area contributed by atoms with E-state index < -0.39 is 10.0 Å². The zero-order chi connectivity index (χ0) is 19.8.